The second-order valence-electron chi connectivity index (χ2n) is 5.60. The molecule has 0 fully saturated rings. The fourth-order valence-electron chi connectivity index (χ4n) is 2.51. The van der Waals surface area contributed by atoms with Crippen LogP contribution in [0.3, 0.4) is 0 Å². The second-order valence-corrected chi connectivity index (χ2v) is 5.60. The molecule has 0 saturated carbocycles. The highest BCUT2D eigenvalue weighted by molar-refractivity contribution is 6.14. The minimum Gasteiger partial charge on any atom is -0.273 e. The van der Waals surface area contributed by atoms with Gasteiger partial charge < -0.3 is 0 Å². The highest BCUT2D eigenvalue weighted by atomic mass is 16.2. The number of anilines is 1. The number of nitrogens with zero attached hydrogens (tertiary/aromatic N) is 3. The summed E-state index contributed by atoms with van der Waals surface area (Å²) in [5, 5.41) is 11.1. The third-order valence-corrected chi connectivity index (χ3v) is 3.78. The normalized spacial score (nSPS) is 14.6. The van der Waals surface area contributed by atoms with Gasteiger partial charge >= 0.3 is 0 Å². The molecule has 2 rings (SSSR count). The van der Waals surface area contributed by atoms with Crippen molar-refractivity contribution < 1.29 is 14.4 Å². The molecule has 0 aliphatic carbocycles. The van der Waals surface area contributed by atoms with Gasteiger partial charge in [0.2, 0.25) is 5.91 Å². The van der Waals surface area contributed by atoms with E-state index in [4.69, 9.17) is 0 Å². The van der Waals surface area contributed by atoms with Crippen LogP contribution in [0, 0.1) is 11.3 Å². The summed E-state index contributed by atoms with van der Waals surface area (Å²) < 4.78 is 0. The van der Waals surface area contributed by atoms with Crippen molar-refractivity contribution in [1.29, 1.82) is 5.26 Å². The summed E-state index contributed by atoms with van der Waals surface area (Å²) >= 11 is 0. The molecule has 124 valence electrons. The highest BCUT2D eigenvalue weighted by Gasteiger charge is 2.38. The molecule has 1 aromatic carbocycles. The molecule has 1 aliphatic heterocycles. The molecule has 0 radical (unpaired) electrons. The maximum atomic E-state index is 12.7. The quantitative estimate of drug-likeness (QED) is 0.779. The Balaban J connectivity index is 2.47. The molecule has 0 saturated heterocycles. The van der Waals surface area contributed by atoms with E-state index in [1.165, 1.54) is 0 Å². The number of hydrogen-bond acceptors (Lipinski definition) is 4. The maximum absolute atomic E-state index is 12.7. The fraction of sp³-hybridized carbons (Fsp3) is 0.333. The first-order valence-corrected chi connectivity index (χ1v) is 7.86. The van der Waals surface area contributed by atoms with Crippen molar-refractivity contribution in [3.63, 3.8) is 0 Å². The van der Waals surface area contributed by atoms with E-state index < -0.39 is 11.8 Å². The molecular formula is C18H19N3O3. The first kappa shape index (κ1) is 17.4. The number of rotatable bonds is 5. The maximum Gasteiger partial charge on any atom is 0.290 e. The van der Waals surface area contributed by atoms with Crippen LogP contribution in [0.25, 0.3) is 0 Å². The van der Waals surface area contributed by atoms with Gasteiger partial charge in [0.05, 0.1) is 12.1 Å². The van der Waals surface area contributed by atoms with Gasteiger partial charge in [-0.25, -0.2) is 5.01 Å². The topological polar surface area (TPSA) is 81.5 Å². The summed E-state index contributed by atoms with van der Waals surface area (Å²) in [4.78, 5) is 37.7. The zero-order valence-corrected chi connectivity index (χ0v) is 13.8. The SMILES string of the molecule is CCCCC(=O)N(c1ccccc1)N1C(=O)CC(C)=C(C#N)C1=O. The Morgan fingerprint density at radius 1 is 1.29 bits per heavy atom. The molecule has 6 nitrogen and oxygen atoms in total. The lowest BCUT2D eigenvalue weighted by Crippen LogP contribution is -2.55. The third kappa shape index (κ3) is 3.35. The predicted molar refractivity (Wildman–Crippen MR) is 88.2 cm³/mol. The van der Waals surface area contributed by atoms with Gasteiger partial charge in [0.1, 0.15) is 11.6 Å². The number of carbonyl (C=O) groups excluding carboxylic acids is 3. The number of imide groups is 1. The number of para-hydroxylation sites is 1. The first-order chi connectivity index (χ1) is 11.5. The monoisotopic (exact) mass is 325 g/mol. The van der Waals surface area contributed by atoms with Crippen LogP contribution < -0.4 is 5.01 Å². The van der Waals surface area contributed by atoms with Crippen LogP contribution >= 0.6 is 0 Å². The molecule has 0 N–H and O–H groups in total. The van der Waals surface area contributed by atoms with Crippen LogP contribution in [-0.2, 0) is 14.4 Å². The Morgan fingerprint density at radius 2 is 1.96 bits per heavy atom. The average Bonchev–Trinajstić information content (AvgIpc) is 2.57. The standard InChI is InChI=1S/C18H19N3O3/c1-3-4-10-16(22)20(14-8-6-5-7-9-14)21-17(23)11-13(2)15(12-19)18(21)24/h5-9H,3-4,10-11H2,1-2H3. The van der Waals surface area contributed by atoms with Gasteiger partial charge in [0.15, 0.2) is 0 Å². The van der Waals surface area contributed by atoms with Crippen molar-refractivity contribution in [3.8, 4) is 6.07 Å². The van der Waals surface area contributed by atoms with Crippen molar-refractivity contribution in [1.82, 2.24) is 5.01 Å². The number of hydrogen-bond donors (Lipinski definition) is 0. The number of unbranched alkanes of at least 4 members (excludes halogenated alkanes) is 1. The smallest absolute Gasteiger partial charge is 0.273 e. The van der Waals surface area contributed by atoms with E-state index in [0.717, 1.165) is 16.4 Å². The molecule has 0 atom stereocenters. The van der Waals surface area contributed by atoms with E-state index in [-0.39, 0.29) is 24.3 Å². The van der Waals surface area contributed by atoms with Crippen LogP contribution in [-0.4, -0.2) is 22.7 Å². The highest BCUT2D eigenvalue weighted by Crippen LogP contribution is 2.26. The summed E-state index contributed by atoms with van der Waals surface area (Å²) in [5.41, 5.74) is 0.772. The van der Waals surface area contributed by atoms with Crippen LogP contribution in [0.2, 0.25) is 0 Å². The zero-order chi connectivity index (χ0) is 17.7. The fourth-order valence-corrected chi connectivity index (χ4v) is 2.51. The Hall–Kier alpha value is -2.94. The van der Waals surface area contributed by atoms with Crippen LogP contribution in [0.15, 0.2) is 41.5 Å². The molecule has 0 aromatic heterocycles. The summed E-state index contributed by atoms with van der Waals surface area (Å²) in [7, 11) is 0. The number of nitriles is 1. The van der Waals surface area contributed by atoms with Crippen LogP contribution in [0.5, 0.6) is 0 Å². The molecule has 6 heteroatoms. The molecule has 0 bridgehead atoms. The molecule has 1 aliphatic rings. The van der Waals surface area contributed by atoms with Crippen LogP contribution in [0.1, 0.15) is 39.5 Å². The van der Waals surface area contributed by atoms with Gasteiger partial charge in [-0.3, -0.25) is 14.4 Å². The molecule has 3 amide bonds. The number of hydrazine groups is 1. The van der Waals surface area contributed by atoms with Gasteiger partial charge in [0.25, 0.3) is 11.8 Å². The van der Waals surface area contributed by atoms with Gasteiger partial charge in [0, 0.05) is 6.42 Å². The lowest BCUT2D eigenvalue weighted by molar-refractivity contribution is -0.147. The van der Waals surface area contributed by atoms with Crippen molar-refractivity contribution in [3.05, 3.63) is 41.5 Å². The Kier molecular flexibility index (Phi) is 5.48. The first-order valence-electron chi connectivity index (χ1n) is 7.86. The molecule has 1 aromatic rings. The third-order valence-electron chi connectivity index (χ3n) is 3.78. The van der Waals surface area contributed by atoms with Gasteiger partial charge in [-0.15, -0.1) is 0 Å². The van der Waals surface area contributed by atoms with E-state index in [0.29, 0.717) is 17.7 Å². The minimum absolute atomic E-state index is 0.0565. The summed E-state index contributed by atoms with van der Waals surface area (Å²) in [6.07, 6.45) is 1.63. The number of carbonyl (C=O) groups is 3. The molecule has 0 unspecified atom stereocenters. The van der Waals surface area contributed by atoms with Crippen molar-refractivity contribution in [2.75, 3.05) is 5.01 Å². The van der Waals surface area contributed by atoms with Gasteiger partial charge in [-0.2, -0.15) is 10.3 Å². The lowest BCUT2D eigenvalue weighted by Gasteiger charge is -2.35. The summed E-state index contributed by atoms with van der Waals surface area (Å²) in [6.45, 7) is 3.54. The Morgan fingerprint density at radius 3 is 2.54 bits per heavy atom. The number of amides is 3. The largest absolute Gasteiger partial charge is 0.290 e. The van der Waals surface area contributed by atoms with Gasteiger partial charge in [-0.05, 0) is 31.1 Å². The Bertz CT molecular complexity index is 732. The zero-order valence-electron chi connectivity index (χ0n) is 13.8. The molecule has 1 heterocycles. The predicted octanol–water partition coefficient (Wildman–Crippen LogP) is 2.72. The molecular weight excluding hydrogens is 306 g/mol. The summed E-state index contributed by atoms with van der Waals surface area (Å²) in [6, 6.07) is 10.4. The van der Waals surface area contributed by atoms with Gasteiger partial charge in [-0.1, -0.05) is 31.5 Å². The van der Waals surface area contributed by atoms with E-state index in [1.54, 1.807) is 37.3 Å². The van der Waals surface area contributed by atoms with Crippen LogP contribution in [0.4, 0.5) is 5.69 Å². The van der Waals surface area contributed by atoms with E-state index >= 15 is 0 Å². The van der Waals surface area contributed by atoms with Crippen molar-refractivity contribution in [2.45, 2.75) is 39.5 Å². The average molecular weight is 325 g/mol. The second kappa shape index (κ2) is 7.55. The lowest BCUT2D eigenvalue weighted by atomic mass is 10.0. The van der Waals surface area contributed by atoms with E-state index in [2.05, 4.69) is 0 Å². The number of benzene rings is 1. The van der Waals surface area contributed by atoms with Crippen molar-refractivity contribution >= 4 is 23.4 Å². The summed E-state index contributed by atoms with van der Waals surface area (Å²) in [5.74, 6) is -1.60. The van der Waals surface area contributed by atoms with E-state index in [9.17, 15) is 19.6 Å². The molecule has 24 heavy (non-hydrogen) atoms. The minimum atomic E-state index is -0.750. The van der Waals surface area contributed by atoms with Crippen molar-refractivity contribution in [2.24, 2.45) is 0 Å². The Labute approximate surface area is 140 Å². The molecule has 0 spiro atoms. The van der Waals surface area contributed by atoms with E-state index in [1.807, 2.05) is 13.0 Å².